The van der Waals surface area contributed by atoms with Gasteiger partial charge in [-0.3, -0.25) is 4.79 Å². The van der Waals surface area contributed by atoms with Crippen LogP contribution in [0.2, 0.25) is 4.13 Å². The fourth-order valence-corrected chi connectivity index (χ4v) is 17.7. The maximum absolute atomic E-state index is 11.7. The van der Waals surface area contributed by atoms with Crippen molar-refractivity contribution in [2.45, 2.75) is 134 Å². The molecule has 0 radical (unpaired) electrons. The maximum atomic E-state index is 11.7. The molecule has 0 unspecified atom stereocenters. The van der Waals surface area contributed by atoms with Crippen LogP contribution in [0, 0.1) is 5.41 Å². The Bertz CT molecular complexity index is 1030. The van der Waals surface area contributed by atoms with Crippen molar-refractivity contribution in [2.75, 3.05) is 12.3 Å². The molecular formula is C37H59BiN2OS. The van der Waals surface area contributed by atoms with Gasteiger partial charge in [0.15, 0.2) is 0 Å². The first kappa shape index (κ1) is 35.6. The molecule has 2 aromatic carbocycles. The molecule has 0 bridgehead atoms. The second-order valence-corrected chi connectivity index (χ2v) is 23.4. The Hall–Kier alpha value is -0.897. The molecule has 2 aromatic rings. The first-order valence-electron chi connectivity index (χ1n) is 16.7. The Morgan fingerprint density at radius 1 is 0.762 bits per heavy atom. The number of amides is 1. The summed E-state index contributed by atoms with van der Waals surface area (Å²) >= 11 is 2.07. The molecule has 1 N–H and O–H groups in total. The Kier molecular flexibility index (Phi) is 15.4. The van der Waals surface area contributed by atoms with Crippen LogP contribution in [0.15, 0.2) is 48.5 Å². The summed E-state index contributed by atoms with van der Waals surface area (Å²) in [4.78, 5) is 14.4. The van der Waals surface area contributed by atoms with Gasteiger partial charge in [-0.05, 0) is 12.2 Å². The van der Waals surface area contributed by atoms with Crippen LogP contribution in [0.1, 0.15) is 123 Å². The zero-order valence-corrected chi connectivity index (χ0v) is 31.8. The Morgan fingerprint density at radius 2 is 1.26 bits per heavy atom. The van der Waals surface area contributed by atoms with Crippen LogP contribution in [0.5, 0.6) is 0 Å². The quantitative estimate of drug-likeness (QED) is 0.0965. The number of thiol groups is 1. The van der Waals surface area contributed by atoms with Crippen LogP contribution in [0.25, 0.3) is 0 Å². The van der Waals surface area contributed by atoms with Gasteiger partial charge in [-0.1, -0.05) is 0 Å². The molecule has 3 nitrogen and oxygen atoms in total. The number of unbranched alkanes of at least 4 members (excludes halogenated alkanes) is 8. The SMILES string of the molecule is CC(C)(C)CC(C)(C)N1Cc2cccc[c]2[Bi]([CH2]CCCCCCCCCCNC(=O)CCCS)[c]2ccccc2C1. The third-order valence-electron chi connectivity index (χ3n) is 8.55. The molecule has 0 atom stereocenters. The number of rotatable bonds is 17. The fourth-order valence-electron chi connectivity index (χ4n) is 6.68. The van der Waals surface area contributed by atoms with Gasteiger partial charge >= 0.3 is 232 Å². The molecule has 0 spiro atoms. The van der Waals surface area contributed by atoms with Gasteiger partial charge in [-0.25, -0.2) is 0 Å². The first-order valence-corrected chi connectivity index (χ1v) is 23.2. The number of nitrogens with zero attached hydrogens (tertiary/aromatic N) is 1. The molecule has 1 aliphatic rings. The topological polar surface area (TPSA) is 32.3 Å². The van der Waals surface area contributed by atoms with Crippen molar-refractivity contribution in [1.29, 1.82) is 0 Å². The summed E-state index contributed by atoms with van der Waals surface area (Å²) in [7, 11) is 0. The van der Waals surface area contributed by atoms with Gasteiger partial charge in [-0.2, -0.15) is 12.6 Å². The number of carbonyl (C=O) groups excluding carboxylic acids is 1. The van der Waals surface area contributed by atoms with E-state index in [4.69, 9.17) is 0 Å². The van der Waals surface area contributed by atoms with Crippen molar-refractivity contribution < 1.29 is 4.79 Å². The summed E-state index contributed by atoms with van der Waals surface area (Å²) in [5.41, 5.74) is 3.65. The molecule has 234 valence electrons. The molecule has 1 heterocycles. The van der Waals surface area contributed by atoms with Crippen molar-refractivity contribution >= 4 is 46.8 Å². The first-order chi connectivity index (χ1) is 20.1. The summed E-state index contributed by atoms with van der Waals surface area (Å²) in [6.07, 6.45) is 14.5. The molecule has 1 amide bonds. The van der Waals surface area contributed by atoms with Crippen molar-refractivity contribution in [1.82, 2.24) is 10.2 Å². The summed E-state index contributed by atoms with van der Waals surface area (Å²) in [5, 5.41) is 3.04. The summed E-state index contributed by atoms with van der Waals surface area (Å²) < 4.78 is 4.93. The normalized spacial score (nSPS) is 14.6. The molecule has 0 saturated carbocycles. The Morgan fingerprint density at radius 3 is 1.79 bits per heavy atom. The second kappa shape index (κ2) is 18.2. The van der Waals surface area contributed by atoms with Crippen molar-refractivity contribution in [2.24, 2.45) is 5.41 Å². The van der Waals surface area contributed by atoms with Gasteiger partial charge in [0.1, 0.15) is 0 Å². The number of benzene rings is 2. The molecule has 0 fully saturated rings. The zero-order chi connectivity index (χ0) is 30.4. The Labute approximate surface area is 272 Å². The number of hydrogen-bond donors (Lipinski definition) is 2. The predicted octanol–water partition coefficient (Wildman–Crippen LogP) is 8.16. The molecule has 0 aliphatic carbocycles. The third kappa shape index (κ3) is 12.2. The molecule has 0 saturated heterocycles. The van der Waals surface area contributed by atoms with Gasteiger partial charge in [0.2, 0.25) is 5.91 Å². The van der Waals surface area contributed by atoms with Gasteiger partial charge in [0.05, 0.1) is 0 Å². The fraction of sp³-hybridized carbons (Fsp3) is 0.649. The minimum atomic E-state index is -2.10. The van der Waals surface area contributed by atoms with Crippen LogP contribution >= 0.6 is 12.6 Å². The summed E-state index contributed by atoms with van der Waals surface area (Å²) in [5.74, 6) is 0.968. The molecule has 1 aliphatic heterocycles. The molecular weight excluding hydrogens is 729 g/mol. The van der Waals surface area contributed by atoms with Crippen LogP contribution < -0.4 is 11.9 Å². The Balaban J connectivity index is 1.48. The molecule has 3 rings (SSSR count). The van der Waals surface area contributed by atoms with Gasteiger partial charge in [-0.15, -0.1) is 0 Å². The number of fused-ring (bicyclic) bond motifs is 2. The van der Waals surface area contributed by atoms with E-state index < -0.39 is 21.8 Å². The van der Waals surface area contributed by atoms with Crippen LogP contribution in [0.4, 0.5) is 0 Å². The van der Waals surface area contributed by atoms with E-state index in [9.17, 15) is 4.79 Å². The van der Waals surface area contributed by atoms with E-state index >= 15 is 0 Å². The van der Waals surface area contributed by atoms with Crippen molar-refractivity contribution in [3.8, 4) is 0 Å². The van der Waals surface area contributed by atoms with E-state index in [0.29, 0.717) is 11.8 Å². The predicted molar refractivity (Wildman–Crippen MR) is 188 cm³/mol. The van der Waals surface area contributed by atoms with Crippen LogP contribution in [-0.4, -0.2) is 50.4 Å². The van der Waals surface area contributed by atoms with E-state index in [1.165, 1.54) is 61.9 Å². The molecule has 42 heavy (non-hydrogen) atoms. The number of hydrogen-bond acceptors (Lipinski definition) is 3. The zero-order valence-electron chi connectivity index (χ0n) is 27.4. The molecule has 0 aromatic heterocycles. The van der Waals surface area contributed by atoms with E-state index in [-0.39, 0.29) is 11.4 Å². The van der Waals surface area contributed by atoms with Gasteiger partial charge in [0, 0.05) is 6.42 Å². The van der Waals surface area contributed by atoms with E-state index in [1.807, 2.05) is 0 Å². The summed E-state index contributed by atoms with van der Waals surface area (Å²) in [6, 6.07) is 19.0. The average Bonchev–Trinajstić information content (AvgIpc) is 2.93. The minimum absolute atomic E-state index is 0.141. The van der Waals surface area contributed by atoms with Crippen molar-refractivity contribution in [3.05, 3.63) is 59.7 Å². The van der Waals surface area contributed by atoms with Crippen molar-refractivity contribution in [3.63, 3.8) is 0 Å². The van der Waals surface area contributed by atoms with Crippen LogP contribution in [-0.2, 0) is 17.9 Å². The van der Waals surface area contributed by atoms with Crippen LogP contribution in [0.3, 0.4) is 0 Å². The van der Waals surface area contributed by atoms with E-state index in [2.05, 4.69) is 106 Å². The van der Waals surface area contributed by atoms with Gasteiger partial charge < -0.3 is 0 Å². The van der Waals surface area contributed by atoms with E-state index in [0.717, 1.165) is 38.2 Å². The third-order valence-corrected chi connectivity index (χ3v) is 19.7. The second-order valence-electron chi connectivity index (χ2n) is 14.2. The monoisotopic (exact) mass is 788 g/mol. The number of nitrogens with one attached hydrogen (secondary N) is 1. The van der Waals surface area contributed by atoms with E-state index in [1.54, 1.807) is 17.7 Å². The average molecular weight is 789 g/mol. The standard InChI is InChI=1S/C22H29N.C15H30NOS.Bi/c1-21(2,3)18-22(4,5)23(16-19-12-8-6-9-13-19)17-20-14-10-7-11-15-20;1-2-3-4-5-6-7-8-9-10-13-16-15(17)12-11-14-18;/h6-12,14H,16-18H2,1-5H3;18H,1-14H2,(H,16,17);. The van der Waals surface area contributed by atoms with Gasteiger partial charge in [0.25, 0.3) is 0 Å². The molecule has 5 heteroatoms. The number of carbonyl (C=O) groups is 1. The summed E-state index contributed by atoms with van der Waals surface area (Å²) in [6.45, 7) is 15.0.